The Morgan fingerprint density at radius 3 is 2.94 bits per heavy atom. The molecule has 2 atom stereocenters. The summed E-state index contributed by atoms with van der Waals surface area (Å²) < 4.78 is 6.62. The SMILES string of the molecule is Cc1cc(Br)c(C(O)C2COc3ccccc32)s1. The second-order valence-electron chi connectivity index (χ2n) is 4.47. The molecule has 3 rings (SSSR count). The molecule has 4 heteroatoms. The van der Waals surface area contributed by atoms with Crippen molar-refractivity contribution >= 4 is 27.3 Å². The van der Waals surface area contributed by atoms with E-state index >= 15 is 0 Å². The fourth-order valence-corrected chi connectivity index (χ4v) is 4.27. The highest BCUT2D eigenvalue weighted by atomic mass is 79.9. The molecule has 0 radical (unpaired) electrons. The Labute approximate surface area is 118 Å². The van der Waals surface area contributed by atoms with Crippen LogP contribution in [0, 0.1) is 6.92 Å². The summed E-state index contributed by atoms with van der Waals surface area (Å²) >= 11 is 5.15. The number of aryl methyl sites for hydroxylation is 1. The van der Waals surface area contributed by atoms with Gasteiger partial charge in [0.25, 0.3) is 0 Å². The first-order chi connectivity index (χ1) is 8.66. The van der Waals surface area contributed by atoms with Crippen LogP contribution in [0.2, 0.25) is 0 Å². The number of ether oxygens (including phenoxy) is 1. The molecule has 0 bridgehead atoms. The monoisotopic (exact) mass is 324 g/mol. The first-order valence-corrected chi connectivity index (χ1v) is 7.43. The van der Waals surface area contributed by atoms with Crippen LogP contribution in [0.4, 0.5) is 0 Å². The van der Waals surface area contributed by atoms with Crippen molar-refractivity contribution in [3.63, 3.8) is 0 Å². The summed E-state index contributed by atoms with van der Waals surface area (Å²) in [5.74, 6) is 0.918. The molecule has 0 amide bonds. The van der Waals surface area contributed by atoms with Crippen LogP contribution in [0.1, 0.15) is 27.3 Å². The van der Waals surface area contributed by atoms with Crippen molar-refractivity contribution in [2.75, 3.05) is 6.61 Å². The number of hydrogen-bond donors (Lipinski definition) is 1. The van der Waals surface area contributed by atoms with Gasteiger partial charge in [0.1, 0.15) is 5.75 Å². The molecule has 1 N–H and O–H groups in total. The third-order valence-electron chi connectivity index (χ3n) is 3.22. The smallest absolute Gasteiger partial charge is 0.123 e. The minimum atomic E-state index is -0.512. The van der Waals surface area contributed by atoms with Gasteiger partial charge in [-0.1, -0.05) is 18.2 Å². The van der Waals surface area contributed by atoms with Crippen LogP contribution in [-0.2, 0) is 0 Å². The normalized spacial score (nSPS) is 19.4. The fraction of sp³-hybridized carbons (Fsp3) is 0.286. The maximum atomic E-state index is 10.6. The van der Waals surface area contributed by atoms with Crippen molar-refractivity contribution in [2.45, 2.75) is 18.9 Å². The quantitative estimate of drug-likeness (QED) is 0.903. The minimum Gasteiger partial charge on any atom is -0.493 e. The van der Waals surface area contributed by atoms with E-state index in [-0.39, 0.29) is 5.92 Å². The van der Waals surface area contributed by atoms with Crippen LogP contribution in [-0.4, -0.2) is 11.7 Å². The molecule has 1 aromatic heterocycles. The van der Waals surface area contributed by atoms with E-state index in [1.807, 2.05) is 37.3 Å². The van der Waals surface area contributed by atoms with Crippen molar-refractivity contribution in [3.05, 3.63) is 50.1 Å². The number of benzene rings is 1. The fourth-order valence-electron chi connectivity index (χ4n) is 2.33. The third-order valence-corrected chi connectivity index (χ3v) is 5.26. The van der Waals surface area contributed by atoms with Crippen LogP contribution in [0.5, 0.6) is 5.75 Å². The number of hydrogen-bond acceptors (Lipinski definition) is 3. The third kappa shape index (κ3) is 1.98. The molecule has 0 spiro atoms. The standard InChI is InChI=1S/C14H13BrO2S/c1-8-6-11(15)14(18-8)13(16)10-7-17-12-5-3-2-4-9(10)12/h2-6,10,13,16H,7H2,1H3. The van der Waals surface area contributed by atoms with Crippen molar-refractivity contribution in [1.82, 2.24) is 0 Å². The highest BCUT2D eigenvalue weighted by Crippen LogP contribution is 2.44. The number of para-hydroxylation sites is 1. The molecular formula is C14H13BrO2S. The second kappa shape index (κ2) is 4.68. The Balaban J connectivity index is 1.95. The van der Waals surface area contributed by atoms with Gasteiger partial charge in [-0.15, -0.1) is 11.3 Å². The predicted octanol–water partition coefficient (Wildman–Crippen LogP) is 4.03. The Bertz CT molecular complexity index is 579. The molecule has 94 valence electrons. The average Bonchev–Trinajstić information content (AvgIpc) is 2.92. The molecule has 1 aromatic carbocycles. The Morgan fingerprint density at radius 1 is 1.44 bits per heavy atom. The van der Waals surface area contributed by atoms with E-state index in [1.54, 1.807) is 11.3 Å². The van der Waals surface area contributed by atoms with Crippen LogP contribution in [0.25, 0.3) is 0 Å². The lowest BCUT2D eigenvalue weighted by molar-refractivity contribution is 0.133. The molecule has 0 fully saturated rings. The number of fused-ring (bicyclic) bond motifs is 1. The lowest BCUT2D eigenvalue weighted by Gasteiger charge is -2.16. The molecule has 18 heavy (non-hydrogen) atoms. The van der Waals surface area contributed by atoms with Crippen LogP contribution >= 0.6 is 27.3 Å². The highest BCUT2D eigenvalue weighted by molar-refractivity contribution is 9.10. The summed E-state index contributed by atoms with van der Waals surface area (Å²) in [5, 5.41) is 10.6. The van der Waals surface area contributed by atoms with Crippen LogP contribution in [0.15, 0.2) is 34.8 Å². The van der Waals surface area contributed by atoms with E-state index in [0.29, 0.717) is 6.61 Å². The number of thiophene rings is 1. The van der Waals surface area contributed by atoms with Gasteiger partial charge < -0.3 is 9.84 Å². The van der Waals surface area contributed by atoms with E-state index in [2.05, 4.69) is 15.9 Å². The van der Waals surface area contributed by atoms with Gasteiger partial charge in [-0.25, -0.2) is 0 Å². The van der Waals surface area contributed by atoms with Gasteiger partial charge in [0, 0.05) is 19.8 Å². The van der Waals surface area contributed by atoms with E-state index in [0.717, 1.165) is 20.7 Å². The summed E-state index contributed by atoms with van der Waals surface area (Å²) in [6.45, 7) is 2.59. The number of rotatable bonds is 2. The summed E-state index contributed by atoms with van der Waals surface area (Å²) in [6, 6.07) is 9.98. The van der Waals surface area contributed by atoms with Gasteiger partial charge in [-0.3, -0.25) is 0 Å². The van der Waals surface area contributed by atoms with Gasteiger partial charge in [-0.2, -0.15) is 0 Å². The number of halogens is 1. The van der Waals surface area contributed by atoms with Crippen molar-refractivity contribution in [2.24, 2.45) is 0 Å². The van der Waals surface area contributed by atoms with E-state index in [1.165, 1.54) is 4.88 Å². The first-order valence-electron chi connectivity index (χ1n) is 5.82. The van der Waals surface area contributed by atoms with Gasteiger partial charge in [0.2, 0.25) is 0 Å². The number of aliphatic hydroxyl groups excluding tert-OH is 1. The lowest BCUT2D eigenvalue weighted by Crippen LogP contribution is -2.11. The first kappa shape index (κ1) is 12.2. The molecule has 2 unspecified atom stereocenters. The van der Waals surface area contributed by atoms with Crippen LogP contribution < -0.4 is 4.74 Å². The molecule has 0 saturated carbocycles. The van der Waals surface area contributed by atoms with Gasteiger partial charge in [-0.05, 0) is 35.0 Å². The predicted molar refractivity (Wildman–Crippen MR) is 76.4 cm³/mol. The lowest BCUT2D eigenvalue weighted by atomic mass is 9.94. The zero-order valence-electron chi connectivity index (χ0n) is 9.89. The van der Waals surface area contributed by atoms with Gasteiger partial charge in [0.15, 0.2) is 0 Å². The topological polar surface area (TPSA) is 29.5 Å². The maximum absolute atomic E-state index is 10.6. The van der Waals surface area contributed by atoms with Gasteiger partial charge >= 0.3 is 0 Å². The Morgan fingerprint density at radius 2 is 2.22 bits per heavy atom. The summed E-state index contributed by atoms with van der Waals surface area (Å²) in [6.07, 6.45) is -0.512. The zero-order valence-corrected chi connectivity index (χ0v) is 12.3. The molecule has 2 nitrogen and oxygen atoms in total. The number of aliphatic hydroxyl groups is 1. The Hall–Kier alpha value is -0.840. The van der Waals surface area contributed by atoms with Crippen molar-refractivity contribution < 1.29 is 9.84 Å². The molecule has 1 aliphatic heterocycles. The molecular weight excluding hydrogens is 312 g/mol. The summed E-state index contributed by atoms with van der Waals surface area (Å²) in [4.78, 5) is 2.18. The molecule has 1 aliphatic rings. The Kier molecular flexibility index (Phi) is 3.18. The zero-order chi connectivity index (χ0) is 12.7. The highest BCUT2D eigenvalue weighted by Gasteiger charge is 2.32. The molecule has 2 aromatic rings. The second-order valence-corrected chi connectivity index (χ2v) is 6.61. The maximum Gasteiger partial charge on any atom is 0.123 e. The molecule has 0 saturated heterocycles. The van der Waals surface area contributed by atoms with E-state index in [9.17, 15) is 5.11 Å². The average molecular weight is 325 g/mol. The van der Waals surface area contributed by atoms with Gasteiger partial charge in [0.05, 0.1) is 18.6 Å². The largest absolute Gasteiger partial charge is 0.493 e. The summed E-state index contributed by atoms with van der Waals surface area (Å²) in [5.41, 5.74) is 1.10. The molecule has 2 heterocycles. The van der Waals surface area contributed by atoms with Crippen LogP contribution in [0.3, 0.4) is 0 Å². The van der Waals surface area contributed by atoms with E-state index < -0.39 is 6.10 Å². The minimum absolute atomic E-state index is 0.0237. The van der Waals surface area contributed by atoms with E-state index in [4.69, 9.17) is 4.74 Å². The molecule has 0 aliphatic carbocycles. The summed E-state index contributed by atoms with van der Waals surface area (Å²) in [7, 11) is 0. The van der Waals surface area contributed by atoms with Crippen molar-refractivity contribution in [1.29, 1.82) is 0 Å². The van der Waals surface area contributed by atoms with Crippen molar-refractivity contribution in [3.8, 4) is 5.75 Å².